The van der Waals surface area contributed by atoms with Crippen molar-refractivity contribution < 1.29 is 0 Å². The molecule has 0 N–H and O–H groups in total. The minimum absolute atomic E-state index is 0.620. The van der Waals surface area contributed by atoms with E-state index in [-0.39, 0.29) is 0 Å². The van der Waals surface area contributed by atoms with Gasteiger partial charge in [0.2, 0.25) is 0 Å². The van der Waals surface area contributed by atoms with Crippen LogP contribution in [0.25, 0.3) is 11.6 Å². The Labute approximate surface area is 94.6 Å². The van der Waals surface area contributed by atoms with Gasteiger partial charge in [0, 0.05) is 5.92 Å². The van der Waals surface area contributed by atoms with Crippen molar-refractivity contribution in [1.82, 2.24) is 0 Å². The minimum Gasteiger partial charge on any atom is -0.0687 e. The molecule has 0 radical (unpaired) electrons. The topological polar surface area (TPSA) is 0 Å². The molecule has 0 nitrogen and oxygen atoms in total. The summed E-state index contributed by atoms with van der Waals surface area (Å²) < 4.78 is 0. The first-order valence-corrected chi connectivity index (χ1v) is 5.83. The Morgan fingerprint density at radius 1 is 0.875 bits per heavy atom. The molecule has 0 saturated carbocycles. The third kappa shape index (κ3) is 0.943. The van der Waals surface area contributed by atoms with E-state index < -0.39 is 0 Å². The van der Waals surface area contributed by atoms with Crippen molar-refractivity contribution in [2.75, 3.05) is 0 Å². The van der Waals surface area contributed by atoms with Gasteiger partial charge in [-0.2, -0.15) is 0 Å². The van der Waals surface area contributed by atoms with Crippen LogP contribution in [0.1, 0.15) is 11.1 Å². The van der Waals surface area contributed by atoms with E-state index in [9.17, 15) is 0 Å². The minimum atomic E-state index is 0.620. The first-order chi connectivity index (χ1) is 7.93. The molecule has 0 aromatic heterocycles. The lowest BCUT2D eigenvalue weighted by Crippen LogP contribution is -2.22. The Balaban J connectivity index is 2.16. The molecule has 1 unspecified atom stereocenters. The Morgan fingerprint density at radius 3 is 2.69 bits per heavy atom. The lowest BCUT2D eigenvalue weighted by atomic mass is 10.0. The smallest absolute Gasteiger partial charge is 0.00799 e. The summed E-state index contributed by atoms with van der Waals surface area (Å²) >= 11 is 0. The van der Waals surface area contributed by atoms with E-state index in [0.717, 1.165) is 0 Å². The fourth-order valence-corrected chi connectivity index (χ4v) is 3.09. The number of benzene rings is 2. The molecular weight excluding hydrogens is 192 g/mol. The second-order valence-corrected chi connectivity index (χ2v) is 4.64. The summed E-state index contributed by atoms with van der Waals surface area (Å²) in [5.74, 6) is 0.620. The van der Waals surface area contributed by atoms with Gasteiger partial charge in [-0.1, -0.05) is 54.6 Å². The van der Waals surface area contributed by atoms with Crippen LogP contribution >= 0.6 is 0 Å². The average molecular weight is 204 g/mol. The van der Waals surface area contributed by atoms with Crippen LogP contribution in [0.5, 0.6) is 0 Å². The maximum Gasteiger partial charge on any atom is 0.00799 e. The number of hydrogen-bond donors (Lipinski definition) is 0. The van der Waals surface area contributed by atoms with E-state index in [1.165, 1.54) is 28.0 Å². The first-order valence-electron chi connectivity index (χ1n) is 5.83. The van der Waals surface area contributed by atoms with Gasteiger partial charge in [0.15, 0.2) is 0 Å². The van der Waals surface area contributed by atoms with Crippen LogP contribution in [0.2, 0.25) is 0 Å². The molecule has 0 amide bonds. The van der Waals surface area contributed by atoms with Gasteiger partial charge in [-0.15, -0.1) is 0 Å². The molecule has 0 spiro atoms. The molecule has 0 heterocycles. The van der Waals surface area contributed by atoms with Crippen LogP contribution < -0.4 is 10.4 Å². The van der Waals surface area contributed by atoms with Gasteiger partial charge in [-0.3, -0.25) is 0 Å². The number of hydrogen-bond acceptors (Lipinski definition) is 0. The van der Waals surface area contributed by atoms with Gasteiger partial charge in [-0.25, -0.2) is 0 Å². The Morgan fingerprint density at radius 2 is 1.69 bits per heavy atom. The predicted molar refractivity (Wildman–Crippen MR) is 66.3 cm³/mol. The molecule has 2 aliphatic rings. The largest absolute Gasteiger partial charge is 0.0687 e. The summed E-state index contributed by atoms with van der Waals surface area (Å²) in [5.41, 5.74) is 4.52. The number of fused-ring (bicyclic) bond motifs is 4. The summed E-state index contributed by atoms with van der Waals surface area (Å²) in [5, 5.41) is 2.86. The highest BCUT2D eigenvalue weighted by molar-refractivity contribution is 5.81. The normalized spacial score (nSPS) is 20.0. The van der Waals surface area contributed by atoms with Crippen molar-refractivity contribution in [3.8, 4) is 0 Å². The highest BCUT2D eigenvalue weighted by atomic mass is 14.3. The molecule has 0 aliphatic heterocycles. The van der Waals surface area contributed by atoms with Crippen LogP contribution in [0.4, 0.5) is 0 Å². The average Bonchev–Trinajstić information content (AvgIpc) is 2.83. The highest BCUT2D eigenvalue weighted by Crippen LogP contribution is 2.36. The Kier molecular flexibility index (Phi) is 1.49. The van der Waals surface area contributed by atoms with Crippen LogP contribution in [-0.4, -0.2) is 0 Å². The monoisotopic (exact) mass is 204 g/mol. The second kappa shape index (κ2) is 2.85. The summed E-state index contributed by atoms with van der Waals surface area (Å²) in [7, 11) is 0. The fraction of sp³-hybridized carbons (Fsp3) is 0.125. The molecule has 2 aromatic rings. The van der Waals surface area contributed by atoms with Gasteiger partial charge in [0.25, 0.3) is 0 Å². The van der Waals surface area contributed by atoms with Crippen molar-refractivity contribution >= 4 is 11.6 Å². The van der Waals surface area contributed by atoms with Crippen molar-refractivity contribution in [2.24, 2.45) is 5.92 Å². The standard InChI is InChI=1S/C16H12/c1-3-7-14-11(5-1)9-13-10-12-6-2-4-8-15(12)16(13)14/h1-9,13H,10H2. The van der Waals surface area contributed by atoms with Gasteiger partial charge >= 0.3 is 0 Å². The van der Waals surface area contributed by atoms with E-state index >= 15 is 0 Å². The van der Waals surface area contributed by atoms with E-state index in [1.54, 1.807) is 5.57 Å². The van der Waals surface area contributed by atoms with E-state index in [2.05, 4.69) is 54.6 Å². The van der Waals surface area contributed by atoms with Gasteiger partial charge in [-0.05, 0) is 33.6 Å². The second-order valence-electron chi connectivity index (χ2n) is 4.64. The van der Waals surface area contributed by atoms with Gasteiger partial charge in [0.1, 0.15) is 0 Å². The zero-order valence-corrected chi connectivity index (χ0v) is 8.98. The molecule has 4 rings (SSSR count). The van der Waals surface area contributed by atoms with Crippen molar-refractivity contribution in [1.29, 1.82) is 0 Å². The molecule has 0 fully saturated rings. The molecule has 76 valence electrons. The van der Waals surface area contributed by atoms with Crippen LogP contribution in [0.15, 0.2) is 48.5 Å². The van der Waals surface area contributed by atoms with Crippen molar-refractivity contribution in [2.45, 2.75) is 6.42 Å². The molecule has 2 aliphatic carbocycles. The molecular formula is C16H12. The maximum absolute atomic E-state index is 2.42. The van der Waals surface area contributed by atoms with Crippen LogP contribution in [0.3, 0.4) is 0 Å². The zero-order chi connectivity index (χ0) is 10.5. The summed E-state index contributed by atoms with van der Waals surface area (Å²) in [4.78, 5) is 0. The molecule has 0 bridgehead atoms. The van der Waals surface area contributed by atoms with Crippen LogP contribution in [0, 0.1) is 5.92 Å². The zero-order valence-electron chi connectivity index (χ0n) is 8.98. The summed E-state index contributed by atoms with van der Waals surface area (Å²) in [6.07, 6.45) is 3.60. The van der Waals surface area contributed by atoms with E-state index in [0.29, 0.717) is 5.92 Å². The maximum atomic E-state index is 2.42. The molecule has 0 heteroatoms. The van der Waals surface area contributed by atoms with Crippen molar-refractivity contribution in [3.05, 3.63) is 70.1 Å². The lowest BCUT2D eigenvalue weighted by Gasteiger charge is -2.01. The quantitative estimate of drug-likeness (QED) is 0.614. The molecule has 0 saturated heterocycles. The Bertz CT molecular complexity index is 692. The van der Waals surface area contributed by atoms with Gasteiger partial charge in [0.05, 0.1) is 0 Å². The van der Waals surface area contributed by atoms with Gasteiger partial charge < -0.3 is 0 Å². The molecule has 1 atom stereocenters. The lowest BCUT2D eigenvalue weighted by molar-refractivity contribution is 0.922. The summed E-state index contributed by atoms with van der Waals surface area (Å²) in [6.45, 7) is 0. The van der Waals surface area contributed by atoms with Crippen molar-refractivity contribution in [3.63, 3.8) is 0 Å². The van der Waals surface area contributed by atoms with E-state index in [1.807, 2.05) is 0 Å². The highest BCUT2D eigenvalue weighted by Gasteiger charge is 2.27. The summed E-state index contributed by atoms with van der Waals surface area (Å²) in [6, 6.07) is 17.6. The Hall–Kier alpha value is -1.82. The van der Waals surface area contributed by atoms with Crippen LogP contribution in [-0.2, 0) is 6.42 Å². The fourth-order valence-electron chi connectivity index (χ4n) is 3.09. The third-order valence-corrected chi connectivity index (χ3v) is 3.75. The molecule has 2 aromatic carbocycles. The molecule has 16 heavy (non-hydrogen) atoms. The van der Waals surface area contributed by atoms with E-state index in [4.69, 9.17) is 0 Å². The SMILES string of the molecule is C1=c2ccccc2=C2c3ccccc3CC12. The first kappa shape index (κ1) is 8.35. The third-order valence-electron chi connectivity index (χ3n) is 3.75. The predicted octanol–water partition coefficient (Wildman–Crippen LogP) is 1.85. The number of rotatable bonds is 0.